The Hall–Kier alpha value is -3.42. The maximum Gasteiger partial charge on any atom is 0.303 e. The molecule has 2 atom stereocenters. The molecule has 0 radical (unpaired) electrons. The highest BCUT2D eigenvalue weighted by Crippen LogP contribution is 2.45. The van der Waals surface area contributed by atoms with E-state index in [0.717, 1.165) is 29.5 Å². The zero-order valence-electron chi connectivity index (χ0n) is 22.9. The van der Waals surface area contributed by atoms with E-state index in [0.29, 0.717) is 28.5 Å². The number of benzene rings is 3. The summed E-state index contributed by atoms with van der Waals surface area (Å²) in [4.78, 5) is 11.4. The third-order valence-electron chi connectivity index (χ3n) is 7.49. The highest BCUT2D eigenvalue weighted by Gasteiger charge is 2.34. The van der Waals surface area contributed by atoms with Gasteiger partial charge in [0.15, 0.2) is 0 Å². The lowest BCUT2D eigenvalue weighted by molar-refractivity contribution is -0.137. The second kappa shape index (κ2) is 12.2. The zero-order valence-corrected chi connectivity index (χ0v) is 22.9. The number of ether oxygens (including phenoxy) is 3. The number of aliphatic hydroxyl groups excluding tert-OH is 1. The third-order valence-corrected chi connectivity index (χ3v) is 7.49. The molecule has 39 heavy (non-hydrogen) atoms. The van der Waals surface area contributed by atoms with Crippen molar-refractivity contribution in [3.8, 4) is 22.6 Å². The lowest BCUT2D eigenvalue weighted by Crippen LogP contribution is -2.28. The quantitative estimate of drug-likeness (QED) is 0.251. The number of hydrogen-bond acceptors (Lipinski definition) is 5. The molecule has 2 N–H and O–H groups in total. The van der Waals surface area contributed by atoms with Gasteiger partial charge in [-0.25, -0.2) is 4.39 Å². The lowest BCUT2D eigenvalue weighted by atomic mass is 9.80. The van der Waals surface area contributed by atoms with Gasteiger partial charge in [-0.2, -0.15) is 0 Å². The number of carboxylic acids is 1. The van der Waals surface area contributed by atoms with Crippen molar-refractivity contribution in [3.05, 3.63) is 83.2 Å². The highest BCUT2D eigenvalue weighted by molar-refractivity contribution is 5.71. The minimum atomic E-state index is -0.795. The summed E-state index contributed by atoms with van der Waals surface area (Å²) >= 11 is 0. The van der Waals surface area contributed by atoms with E-state index in [1.807, 2.05) is 56.3 Å². The Morgan fingerprint density at radius 3 is 2.44 bits per heavy atom. The van der Waals surface area contributed by atoms with E-state index >= 15 is 4.39 Å². The smallest absolute Gasteiger partial charge is 0.303 e. The number of hydrogen-bond donors (Lipinski definition) is 2. The van der Waals surface area contributed by atoms with Gasteiger partial charge in [0.2, 0.25) is 0 Å². The maximum atomic E-state index is 15.0. The van der Waals surface area contributed by atoms with Crippen LogP contribution in [-0.4, -0.2) is 37.0 Å². The minimum Gasteiger partial charge on any atom is -0.497 e. The molecule has 0 bridgehead atoms. The molecule has 208 valence electrons. The van der Waals surface area contributed by atoms with Gasteiger partial charge in [-0.15, -0.1) is 0 Å². The van der Waals surface area contributed by atoms with Crippen LogP contribution in [0.15, 0.2) is 60.7 Å². The van der Waals surface area contributed by atoms with Crippen molar-refractivity contribution in [2.75, 3.05) is 20.8 Å². The Bertz CT molecular complexity index is 1300. The van der Waals surface area contributed by atoms with Crippen molar-refractivity contribution in [3.63, 3.8) is 0 Å². The number of halogens is 1. The molecule has 1 saturated carbocycles. The second-order valence-electron chi connectivity index (χ2n) is 10.9. The number of rotatable bonds is 13. The van der Waals surface area contributed by atoms with Crippen molar-refractivity contribution in [2.45, 2.75) is 51.7 Å². The first kappa shape index (κ1) is 28.6. The van der Waals surface area contributed by atoms with Gasteiger partial charge in [0.1, 0.15) is 23.9 Å². The van der Waals surface area contributed by atoms with Crippen molar-refractivity contribution in [1.82, 2.24) is 0 Å². The van der Waals surface area contributed by atoms with Crippen molar-refractivity contribution in [2.24, 2.45) is 11.3 Å². The van der Waals surface area contributed by atoms with Crippen LogP contribution < -0.4 is 9.47 Å². The summed E-state index contributed by atoms with van der Waals surface area (Å²) in [5.74, 6) is 0.402. The summed E-state index contributed by atoms with van der Waals surface area (Å²) in [5.41, 5.74) is 2.94. The van der Waals surface area contributed by atoms with Gasteiger partial charge >= 0.3 is 5.97 Å². The van der Waals surface area contributed by atoms with Gasteiger partial charge in [0.25, 0.3) is 0 Å². The topological polar surface area (TPSA) is 85.2 Å². The van der Waals surface area contributed by atoms with Gasteiger partial charge in [-0.3, -0.25) is 4.79 Å². The normalized spacial score (nSPS) is 15.0. The van der Waals surface area contributed by atoms with Crippen LogP contribution in [0.1, 0.15) is 61.8 Å². The van der Waals surface area contributed by atoms with Crippen LogP contribution >= 0.6 is 0 Å². The van der Waals surface area contributed by atoms with Gasteiger partial charge in [0.05, 0.1) is 26.2 Å². The predicted octanol–water partition coefficient (Wildman–Crippen LogP) is 6.75. The molecule has 0 aliphatic heterocycles. The first-order valence-electron chi connectivity index (χ1n) is 13.2. The highest BCUT2D eigenvalue weighted by atomic mass is 19.1. The zero-order chi connectivity index (χ0) is 28.2. The van der Waals surface area contributed by atoms with Crippen LogP contribution in [0.4, 0.5) is 4.39 Å². The molecule has 1 aliphatic carbocycles. The Morgan fingerprint density at radius 1 is 1.03 bits per heavy atom. The average molecular weight is 537 g/mol. The summed E-state index contributed by atoms with van der Waals surface area (Å²) < 4.78 is 32.4. The predicted molar refractivity (Wildman–Crippen MR) is 147 cm³/mol. The summed E-state index contributed by atoms with van der Waals surface area (Å²) in [7, 11) is 3.12. The summed E-state index contributed by atoms with van der Waals surface area (Å²) in [6.07, 6.45) is 1.69. The van der Waals surface area contributed by atoms with E-state index in [-0.39, 0.29) is 31.4 Å². The standard InChI is InChI=1S/C32H37FO6/c1-32(2,19-34)31(38-4)28-14-20(8-12-25(28)27-16-23(37-3)11-13-29(27)33)18-39-24-7-5-6-22(15-24)26(17-30(35)36)21-9-10-21/h5-8,11-16,21,26,31,34H,9-10,17-19H2,1-4H3,(H,35,36)/t26-,31?/m1/s1. The molecule has 3 aromatic rings. The largest absolute Gasteiger partial charge is 0.497 e. The van der Waals surface area contributed by atoms with Gasteiger partial charge in [0, 0.05) is 18.1 Å². The van der Waals surface area contributed by atoms with Crippen molar-refractivity contribution >= 4 is 5.97 Å². The molecular weight excluding hydrogens is 499 g/mol. The second-order valence-corrected chi connectivity index (χ2v) is 10.9. The number of aliphatic hydroxyl groups is 1. The molecule has 6 nitrogen and oxygen atoms in total. The third kappa shape index (κ3) is 6.78. The van der Waals surface area contributed by atoms with Gasteiger partial charge in [-0.1, -0.05) is 38.1 Å². The Morgan fingerprint density at radius 2 is 1.79 bits per heavy atom. The molecule has 0 aromatic heterocycles. The van der Waals surface area contributed by atoms with Crippen LogP contribution in [-0.2, 0) is 16.1 Å². The molecule has 1 unspecified atom stereocenters. The van der Waals surface area contributed by atoms with Gasteiger partial charge in [-0.05, 0) is 83.3 Å². The number of carbonyl (C=O) groups is 1. The maximum absolute atomic E-state index is 15.0. The van der Waals surface area contributed by atoms with Crippen LogP contribution in [0.5, 0.6) is 11.5 Å². The van der Waals surface area contributed by atoms with E-state index in [2.05, 4.69) is 0 Å². The number of methoxy groups -OCH3 is 2. The molecule has 0 spiro atoms. The summed E-state index contributed by atoms with van der Waals surface area (Å²) in [5, 5.41) is 19.5. The number of aliphatic carboxylic acids is 1. The first-order valence-corrected chi connectivity index (χ1v) is 13.2. The van der Waals surface area contributed by atoms with Crippen LogP contribution in [0, 0.1) is 17.2 Å². The van der Waals surface area contributed by atoms with E-state index in [9.17, 15) is 15.0 Å². The van der Waals surface area contributed by atoms with E-state index in [1.165, 1.54) is 13.2 Å². The molecule has 1 aliphatic rings. The van der Waals surface area contributed by atoms with Crippen LogP contribution in [0.3, 0.4) is 0 Å². The van der Waals surface area contributed by atoms with Crippen molar-refractivity contribution < 1.29 is 33.6 Å². The molecule has 7 heteroatoms. The fourth-order valence-corrected chi connectivity index (χ4v) is 5.20. The number of carboxylic acid groups (broad SMARTS) is 1. The fourth-order valence-electron chi connectivity index (χ4n) is 5.20. The van der Waals surface area contributed by atoms with Crippen LogP contribution in [0.25, 0.3) is 11.1 Å². The van der Waals surface area contributed by atoms with Crippen LogP contribution in [0.2, 0.25) is 0 Å². The molecule has 3 aromatic carbocycles. The first-order chi connectivity index (χ1) is 18.7. The Labute approximate surface area is 229 Å². The summed E-state index contributed by atoms with van der Waals surface area (Å²) in [6, 6.07) is 17.9. The summed E-state index contributed by atoms with van der Waals surface area (Å²) in [6.45, 7) is 3.92. The SMILES string of the molecule is COc1ccc(F)c(-c2ccc(COc3cccc([C@H](CC(=O)O)C4CC4)c3)cc2C(OC)C(C)(C)CO)c1. The molecule has 1 fully saturated rings. The van der Waals surface area contributed by atoms with Gasteiger partial charge < -0.3 is 24.4 Å². The Kier molecular flexibility index (Phi) is 8.93. The monoisotopic (exact) mass is 536 g/mol. The lowest BCUT2D eigenvalue weighted by Gasteiger charge is -2.33. The van der Waals surface area contributed by atoms with Crippen molar-refractivity contribution in [1.29, 1.82) is 0 Å². The molecule has 0 amide bonds. The minimum absolute atomic E-state index is 0.0159. The van der Waals surface area contributed by atoms with E-state index in [1.54, 1.807) is 19.2 Å². The molecule has 4 rings (SSSR count). The molecule has 0 heterocycles. The van der Waals surface area contributed by atoms with E-state index < -0.39 is 17.5 Å². The molecule has 0 saturated heterocycles. The van der Waals surface area contributed by atoms with E-state index in [4.69, 9.17) is 14.2 Å². The Balaban J connectivity index is 1.66. The molecular formula is C32H37FO6. The fraction of sp³-hybridized carbons (Fsp3) is 0.406. The average Bonchev–Trinajstić information content (AvgIpc) is 3.77.